The van der Waals surface area contributed by atoms with Gasteiger partial charge in [0.15, 0.2) is 0 Å². The van der Waals surface area contributed by atoms with E-state index >= 15 is 0 Å². The molecule has 1 atom stereocenters. The van der Waals surface area contributed by atoms with Gasteiger partial charge >= 0.3 is 5.97 Å². The van der Waals surface area contributed by atoms with Crippen LogP contribution in [0.1, 0.15) is 17.3 Å². The molecule has 0 aromatic heterocycles. The predicted octanol–water partition coefficient (Wildman–Crippen LogP) is 2.51. The molecule has 0 spiro atoms. The van der Waals surface area contributed by atoms with Crippen LogP contribution in [0.3, 0.4) is 0 Å². The molecule has 1 aromatic carbocycles. The number of carbonyl (C=O) groups is 1. The SMILES string of the molecule is CC(CO)Sc1ccc(Cl)cc1C(=O)O. The molecule has 0 saturated heterocycles. The minimum atomic E-state index is -1.01. The summed E-state index contributed by atoms with van der Waals surface area (Å²) in [6.45, 7) is 1.83. The Morgan fingerprint density at radius 2 is 2.27 bits per heavy atom. The molecule has 3 nitrogen and oxygen atoms in total. The zero-order valence-electron chi connectivity index (χ0n) is 8.11. The van der Waals surface area contributed by atoms with Gasteiger partial charge < -0.3 is 10.2 Å². The van der Waals surface area contributed by atoms with E-state index in [2.05, 4.69) is 0 Å². The molecular formula is C10H11ClO3S. The smallest absolute Gasteiger partial charge is 0.336 e. The number of benzene rings is 1. The lowest BCUT2D eigenvalue weighted by Crippen LogP contribution is -2.05. The fourth-order valence-electron chi connectivity index (χ4n) is 1.03. The van der Waals surface area contributed by atoms with Gasteiger partial charge in [0.1, 0.15) is 0 Å². The summed E-state index contributed by atoms with van der Waals surface area (Å²) in [6.07, 6.45) is 0. The van der Waals surface area contributed by atoms with E-state index in [1.54, 1.807) is 12.1 Å². The van der Waals surface area contributed by atoms with E-state index in [-0.39, 0.29) is 17.4 Å². The monoisotopic (exact) mass is 246 g/mol. The molecule has 2 N–H and O–H groups in total. The zero-order valence-corrected chi connectivity index (χ0v) is 9.68. The fraction of sp³-hybridized carbons (Fsp3) is 0.300. The highest BCUT2D eigenvalue weighted by molar-refractivity contribution is 8.00. The number of carboxylic acids is 1. The Morgan fingerprint density at radius 1 is 1.60 bits per heavy atom. The quantitative estimate of drug-likeness (QED) is 0.802. The van der Waals surface area contributed by atoms with Crippen LogP contribution in [0.25, 0.3) is 0 Å². The number of aliphatic hydroxyl groups excluding tert-OH is 1. The molecule has 0 heterocycles. The van der Waals surface area contributed by atoms with Gasteiger partial charge in [0.25, 0.3) is 0 Å². The second-order valence-corrected chi connectivity index (χ2v) is 4.97. The highest BCUT2D eigenvalue weighted by Gasteiger charge is 2.13. The van der Waals surface area contributed by atoms with Crippen molar-refractivity contribution in [1.82, 2.24) is 0 Å². The summed E-state index contributed by atoms with van der Waals surface area (Å²) in [7, 11) is 0. The second-order valence-electron chi connectivity index (χ2n) is 3.06. The summed E-state index contributed by atoms with van der Waals surface area (Å²) in [6, 6.07) is 4.71. The van der Waals surface area contributed by atoms with Gasteiger partial charge in [-0.25, -0.2) is 4.79 Å². The first kappa shape index (κ1) is 12.4. The molecule has 0 amide bonds. The fourth-order valence-corrected chi connectivity index (χ4v) is 2.13. The molecule has 82 valence electrons. The Morgan fingerprint density at radius 3 is 2.80 bits per heavy atom. The average Bonchev–Trinajstić information content (AvgIpc) is 2.20. The maximum absolute atomic E-state index is 10.9. The van der Waals surface area contributed by atoms with E-state index in [9.17, 15) is 4.79 Å². The van der Waals surface area contributed by atoms with Crippen LogP contribution >= 0.6 is 23.4 Å². The number of hydrogen-bond acceptors (Lipinski definition) is 3. The van der Waals surface area contributed by atoms with E-state index in [1.165, 1.54) is 17.8 Å². The van der Waals surface area contributed by atoms with Crippen LogP contribution in [0.5, 0.6) is 0 Å². The topological polar surface area (TPSA) is 57.5 Å². The number of halogens is 1. The lowest BCUT2D eigenvalue weighted by atomic mass is 10.2. The van der Waals surface area contributed by atoms with E-state index in [1.807, 2.05) is 6.92 Å². The van der Waals surface area contributed by atoms with Crippen LogP contribution in [-0.4, -0.2) is 28.0 Å². The number of carboxylic acid groups (broad SMARTS) is 1. The highest BCUT2D eigenvalue weighted by atomic mass is 35.5. The maximum Gasteiger partial charge on any atom is 0.336 e. The van der Waals surface area contributed by atoms with Crippen molar-refractivity contribution in [2.45, 2.75) is 17.1 Å². The molecule has 1 aromatic rings. The molecule has 0 aliphatic carbocycles. The van der Waals surface area contributed by atoms with Gasteiger partial charge in [-0.2, -0.15) is 0 Å². The lowest BCUT2D eigenvalue weighted by Gasteiger charge is -2.10. The number of hydrogen-bond donors (Lipinski definition) is 2. The molecule has 0 radical (unpaired) electrons. The number of aromatic carboxylic acids is 1. The van der Waals surface area contributed by atoms with Gasteiger partial charge in [0.2, 0.25) is 0 Å². The summed E-state index contributed by atoms with van der Waals surface area (Å²) in [5.74, 6) is -1.01. The summed E-state index contributed by atoms with van der Waals surface area (Å²) in [5.41, 5.74) is 0.174. The third kappa shape index (κ3) is 3.41. The minimum Gasteiger partial charge on any atom is -0.478 e. The van der Waals surface area contributed by atoms with Crippen LogP contribution < -0.4 is 0 Å². The Balaban J connectivity index is 3.01. The molecule has 5 heteroatoms. The zero-order chi connectivity index (χ0) is 11.4. The highest BCUT2D eigenvalue weighted by Crippen LogP contribution is 2.28. The first-order valence-corrected chi connectivity index (χ1v) is 5.60. The Labute approximate surface area is 97.1 Å². The third-order valence-electron chi connectivity index (χ3n) is 1.76. The van der Waals surface area contributed by atoms with Gasteiger partial charge in [-0.3, -0.25) is 0 Å². The van der Waals surface area contributed by atoms with Gasteiger partial charge in [0.05, 0.1) is 12.2 Å². The predicted molar refractivity (Wildman–Crippen MR) is 60.8 cm³/mol. The van der Waals surface area contributed by atoms with Crippen LogP contribution in [0.4, 0.5) is 0 Å². The van der Waals surface area contributed by atoms with Crippen molar-refractivity contribution < 1.29 is 15.0 Å². The van der Waals surface area contributed by atoms with Crippen molar-refractivity contribution >= 4 is 29.3 Å². The Kier molecular flexibility index (Phi) is 4.45. The molecule has 0 fully saturated rings. The Hall–Kier alpha value is -0.710. The molecule has 0 bridgehead atoms. The van der Waals surface area contributed by atoms with Gasteiger partial charge in [-0.15, -0.1) is 11.8 Å². The third-order valence-corrected chi connectivity index (χ3v) is 3.15. The number of thioether (sulfide) groups is 1. The summed E-state index contributed by atoms with van der Waals surface area (Å²) < 4.78 is 0. The molecule has 1 rings (SSSR count). The number of aliphatic hydroxyl groups is 1. The van der Waals surface area contributed by atoms with Crippen molar-refractivity contribution in [3.63, 3.8) is 0 Å². The normalized spacial score (nSPS) is 12.5. The largest absolute Gasteiger partial charge is 0.478 e. The van der Waals surface area contributed by atoms with Gasteiger partial charge in [-0.05, 0) is 18.2 Å². The minimum absolute atomic E-state index is 0.00630. The molecule has 0 saturated carbocycles. The summed E-state index contributed by atoms with van der Waals surface area (Å²) >= 11 is 7.03. The van der Waals surface area contributed by atoms with Crippen molar-refractivity contribution in [1.29, 1.82) is 0 Å². The average molecular weight is 247 g/mol. The van der Waals surface area contributed by atoms with Crippen molar-refractivity contribution in [3.8, 4) is 0 Å². The van der Waals surface area contributed by atoms with Crippen LogP contribution in [0.15, 0.2) is 23.1 Å². The standard InChI is InChI=1S/C10H11ClO3S/c1-6(5-12)15-9-3-2-7(11)4-8(9)10(13)14/h2-4,6,12H,5H2,1H3,(H,13,14). The summed E-state index contributed by atoms with van der Waals surface area (Å²) in [5, 5.41) is 18.2. The van der Waals surface area contributed by atoms with Crippen molar-refractivity contribution in [3.05, 3.63) is 28.8 Å². The van der Waals surface area contributed by atoms with Gasteiger partial charge in [-0.1, -0.05) is 18.5 Å². The van der Waals surface area contributed by atoms with Crippen molar-refractivity contribution in [2.75, 3.05) is 6.61 Å². The van der Waals surface area contributed by atoms with Gasteiger partial charge in [0, 0.05) is 15.2 Å². The first-order chi connectivity index (χ1) is 7.04. The van der Waals surface area contributed by atoms with Crippen LogP contribution in [0.2, 0.25) is 5.02 Å². The molecule has 1 unspecified atom stereocenters. The number of rotatable bonds is 4. The first-order valence-electron chi connectivity index (χ1n) is 4.35. The molecule has 0 aliphatic heterocycles. The molecule has 15 heavy (non-hydrogen) atoms. The van der Waals surface area contributed by atoms with E-state index in [4.69, 9.17) is 21.8 Å². The van der Waals surface area contributed by atoms with Crippen LogP contribution in [0, 0.1) is 0 Å². The maximum atomic E-state index is 10.9. The van der Waals surface area contributed by atoms with E-state index < -0.39 is 5.97 Å². The summed E-state index contributed by atoms with van der Waals surface area (Å²) in [4.78, 5) is 11.5. The Bertz CT molecular complexity index is 368. The second kappa shape index (κ2) is 5.39. The van der Waals surface area contributed by atoms with Crippen molar-refractivity contribution in [2.24, 2.45) is 0 Å². The lowest BCUT2D eigenvalue weighted by molar-refractivity contribution is 0.0693. The van der Waals surface area contributed by atoms with Crippen LogP contribution in [-0.2, 0) is 0 Å². The van der Waals surface area contributed by atoms with E-state index in [0.29, 0.717) is 9.92 Å². The molecular weight excluding hydrogens is 236 g/mol. The van der Waals surface area contributed by atoms with E-state index in [0.717, 1.165) is 0 Å². The molecule has 0 aliphatic rings.